The molecule has 26 heavy (non-hydrogen) atoms. The first-order valence-electron chi connectivity index (χ1n) is 8.39. The van der Waals surface area contributed by atoms with Crippen molar-refractivity contribution in [2.24, 2.45) is 5.92 Å². The Kier molecular flexibility index (Phi) is 8.56. The average Bonchev–Trinajstić information content (AvgIpc) is 2.82. The Hall–Kier alpha value is -0.200. The van der Waals surface area contributed by atoms with E-state index in [0.29, 0.717) is 31.4 Å². The van der Waals surface area contributed by atoms with Crippen LogP contribution in [0.3, 0.4) is 0 Å². The maximum atomic E-state index is 12.6. The van der Waals surface area contributed by atoms with Crippen LogP contribution in [0.5, 0.6) is 0 Å². The molecular formula is C17H25Cl4NO4. The molecule has 0 saturated carbocycles. The van der Waals surface area contributed by atoms with Crippen LogP contribution < -0.4 is 0 Å². The lowest BCUT2D eigenvalue weighted by Gasteiger charge is -2.29. The van der Waals surface area contributed by atoms with E-state index >= 15 is 0 Å². The molecule has 2 amide bonds. The molecule has 150 valence electrons. The lowest BCUT2D eigenvalue weighted by Crippen LogP contribution is -2.45. The quantitative estimate of drug-likeness (QED) is 0.424. The first-order chi connectivity index (χ1) is 11.8. The number of ether oxygens (including phenoxy) is 1. The number of alkyl halides is 4. The summed E-state index contributed by atoms with van der Waals surface area (Å²) in [6, 6.07) is -0.479. The van der Waals surface area contributed by atoms with Crippen molar-refractivity contribution in [3.8, 4) is 0 Å². The number of imide groups is 1. The van der Waals surface area contributed by atoms with Crippen molar-refractivity contribution in [3.63, 3.8) is 0 Å². The van der Waals surface area contributed by atoms with E-state index in [2.05, 4.69) is 0 Å². The van der Waals surface area contributed by atoms with Crippen molar-refractivity contribution in [1.82, 2.24) is 4.90 Å². The van der Waals surface area contributed by atoms with Crippen molar-refractivity contribution in [2.75, 3.05) is 7.11 Å². The molecule has 0 unspecified atom stereocenters. The number of unbranched alkanes of at least 4 members (excludes halogenated alkanes) is 1. The normalized spacial score (nSPS) is 20.8. The molecule has 3 atom stereocenters. The topological polar surface area (TPSA) is 66.8 Å². The number of halogens is 4. The maximum Gasteiger partial charge on any atom is 0.257 e. The standard InChI is InChI=1S/C17H25Cl4NO4/c1-10(15(25)22-11(2)13(26-4)9-14(22)24)12(23)7-5-6-8-17(20,21)16(3,18)19/h9-12,23H,5-8H2,1-4H3/t10-,11+,12-/m1/s1. The number of aliphatic hydroxyl groups excluding tert-OH is 1. The Morgan fingerprint density at radius 2 is 1.92 bits per heavy atom. The molecule has 0 aliphatic carbocycles. The summed E-state index contributed by atoms with van der Waals surface area (Å²) in [5.41, 5.74) is 0. The van der Waals surface area contributed by atoms with Crippen LogP contribution in [0.25, 0.3) is 0 Å². The molecule has 0 aromatic carbocycles. The smallest absolute Gasteiger partial charge is 0.257 e. The molecule has 0 aromatic heterocycles. The van der Waals surface area contributed by atoms with Crippen LogP contribution in [-0.2, 0) is 14.3 Å². The summed E-state index contributed by atoms with van der Waals surface area (Å²) in [5, 5.41) is 10.3. The molecular weight excluding hydrogens is 424 g/mol. The van der Waals surface area contributed by atoms with Crippen LogP contribution >= 0.6 is 46.4 Å². The van der Waals surface area contributed by atoms with E-state index in [1.165, 1.54) is 20.1 Å². The zero-order chi connectivity index (χ0) is 20.3. The Balaban J connectivity index is 2.52. The van der Waals surface area contributed by atoms with Crippen LogP contribution in [0, 0.1) is 5.92 Å². The van der Waals surface area contributed by atoms with Gasteiger partial charge >= 0.3 is 0 Å². The number of methoxy groups -OCH3 is 1. The minimum atomic E-state index is -1.30. The van der Waals surface area contributed by atoms with Gasteiger partial charge in [-0.1, -0.05) is 66.2 Å². The summed E-state index contributed by atoms with van der Waals surface area (Å²) >= 11 is 24.1. The highest BCUT2D eigenvalue weighted by Gasteiger charge is 2.42. The molecule has 1 rings (SSSR count). The van der Waals surface area contributed by atoms with Crippen LogP contribution in [-0.4, -0.2) is 49.7 Å². The van der Waals surface area contributed by atoms with Gasteiger partial charge in [0, 0.05) is 6.08 Å². The number of carbonyl (C=O) groups is 2. The van der Waals surface area contributed by atoms with Gasteiger partial charge in [-0.05, 0) is 26.7 Å². The van der Waals surface area contributed by atoms with Gasteiger partial charge < -0.3 is 9.84 Å². The van der Waals surface area contributed by atoms with Gasteiger partial charge in [-0.15, -0.1) is 0 Å². The molecule has 0 bridgehead atoms. The van der Waals surface area contributed by atoms with E-state index in [1.54, 1.807) is 13.8 Å². The number of hydrogen-bond donors (Lipinski definition) is 1. The highest BCUT2D eigenvalue weighted by molar-refractivity contribution is 6.62. The number of amides is 2. The first-order valence-corrected chi connectivity index (χ1v) is 9.91. The summed E-state index contributed by atoms with van der Waals surface area (Å²) in [5.74, 6) is -1.17. The minimum Gasteiger partial charge on any atom is -0.499 e. The summed E-state index contributed by atoms with van der Waals surface area (Å²) in [7, 11) is 1.45. The van der Waals surface area contributed by atoms with Gasteiger partial charge in [0.2, 0.25) is 5.91 Å². The number of aliphatic hydroxyl groups is 1. The van der Waals surface area contributed by atoms with Gasteiger partial charge in [0.15, 0.2) is 4.33 Å². The molecule has 1 heterocycles. The van der Waals surface area contributed by atoms with Gasteiger partial charge in [-0.25, -0.2) is 0 Å². The lowest BCUT2D eigenvalue weighted by molar-refractivity contribution is -0.147. The van der Waals surface area contributed by atoms with E-state index in [-0.39, 0.29) is 0 Å². The molecule has 5 nitrogen and oxygen atoms in total. The summed E-state index contributed by atoms with van der Waals surface area (Å²) in [6.07, 6.45) is 2.25. The monoisotopic (exact) mass is 447 g/mol. The van der Waals surface area contributed by atoms with Crippen LogP contribution in [0.15, 0.2) is 11.8 Å². The van der Waals surface area contributed by atoms with E-state index in [9.17, 15) is 14.7 Å². The second-order valence-electron chi connectivity index (χ2n) is 6.67. The third kappa shape index (κ3) is 5.65. The molecule has 1 aliphatic rings. The zero-order valence-corrected chi connectivity index (χ0v) is 18.3. The highest BCUT2D eigenvalue weighted by atomic mass is 35.5. The molecule has 0 aromatic rings. The van der Waals surface area contributed by atoms with Crippen molar-refractivity contribution in [1.29, 1.82) is 0 Å². The van der Waals surface area contributed by atoms with E-state index < -0.39 is 38.5 Å². The Labute approximate surface area is 174 Å². The van der Waals surface area contributed by atoms with Crippen LogP contribution in [0.1, 0.15) is 46.5 Å². The van der Waals surface area contributed by atoms with E-state index in [1.807, 2.05) is 0 Å². The van der Waals surface area contributed by atoms with Crippen molar-refractivity contribution >= 4 is 58.2 Å². The van der Waals surface area contributed by atoms with Crippen molar-refractivity contribution in [3.05, 3.63) is 11.8 Å². The minimum absolute atomic E-state index is 0.345. The fraction of sp³-hybridized carbons (Fsp3) is 0.765. The summed E-state index contributed by atoms with van der Waals surface area (Å²) in [6.45, 7) is 4.81. The van der Waals surface area contributed by atoms with Crippen LogP contribution in [0.2, 0.25) is 0 Å². The highest BCUT2D eigenvalue weighted by Crippen LogP contribution is 2.45. The predicted molar refractivity (Wildman–Crippen MR) is 105 cm³/mol. The number of hydrogen-bond acceptors (Lipinski definition) is 4. The van der Waals surface area contributed by atoms with Gasteiger partial charge in [-0.3, -0.25) is 14.5 Å². The van der Waals surface area contributed by atoms with Gasteiger partial charge in [0.1, 0.15) is 10.1 Å². The molecule has 9 heteroatoms. The molecule has 1 N–H and O–H groups in total. The second-order valence-corrected chi connectivity index (χ2v) is 9.86. The van der Waals surface area contributed by atoms with Gasteiger partial charge in [0.25, 0.3) is 5.91 Å². The number of nitrogens with zero attached hydrogens (tertiary/aromatic N) is 1. The second kappa shape index (κ2) is 9.33. The third-order valence-corrected chi connectivity index (χ3v) is 6.79. The fourth-order valence-corrected chi connectivity index (χ4v) is 3.17. The molecule has 0 radical (unpaired) electrons. The molecule has 0 saturated heterocycles. The third-order valence-electron chi connectivity index (χ3n) is 4.62. The summed E-state index contributed by atoms with van der Waals surface area (Å²) < 4.78 is 2.49. The van der Waals surface area contributed by atoms with E-state index in [0.717, 1.165) is 4.90 Å². The average molecular weight is 449 g/mol. The lowest BCUT2D eigenvalue weighted by atomic mass is 9.96. The first kappa shape index (κ1) is 23.8. The predicted octanol–water partition coefficient (Wildman–Crippen LogP) is 4.20. The SMILES string of the molecule is COC1=CC(=O)N(C(=O)[C@H](C)[C@H](O)CCCCC(Cl)(Cl)C(C)(Cl)Cl)[C@H]1C. The van der Waals surface area contributed by atoms with Crippen LogP contribution in [0.4, 0.5) is 0 Å². The van der Waals surface area contributed by atoms with E-state index in [4.69, 9.17) is 51.1 Å². The number of rotatable bonds is 9. The zero-order valence-electron chi connectivity index (χ0n) is 15.3. The van der Waals surface area contributed by atoms with Gasteiger partial charge in [0.05, 0.1) is 25.2 Å². The fourth-order valence-electron chi connectivity index (χ4n) is 2.71. The summed E-state index contributed by atoms with van der Waals surface area (Å²) in [4.78, 5) is 25.7. The van der Waals surface area contributed by atoms with Crippen molar-refractivity contribution in [2.45, 2.75) is 67.3 Å². The largest absolute Gasteiger partial charge is 0.499 e. The molecule has 0 fully saturated rings. The molecule has 0 spiro atoms. The Morgan fingerprint density at radius 3 is 2.38 bits per heavy atom. The Bertz CT molecular complexity index is 559. The number of carbonyl (C=O) groups excluding carboxylic acids is 2. The maximum absolute atomic E-state index is 12.6. The van der Waals surface area contributed by atoms with Crippen molar-refractivity contribution < 1.29 is 19.4 Å². The Morgan fingerprint density at radius 1 is 1.35 bits per heavy atom. The van der Waals surface area contributed by atoms with Gasteiger partial charge in [-0.2, -0.15) is 0 Å². The molecule has 1 aliphatic heterocycles.